The van der Waals surface area contributed by atoms with Crippen LogP contribution in [0.5, 0.6) is 0 Å². The monoisotopic (exact) mass is 451 g/mol. The summed E-state index contributed by atoms with van der Waals surface area (Å²) in [6.07, 6.45) is 8.12. The molecule has 10 heteroatoms. The molecular weight excluding hydrogens is 422 g/mol. The molecule has 33 heavy (non-hydrogen) atoms. The number of nitrogens with one attached hydrogen (secondary N) is 3. The van der Waals surface area contributed by atoms with E-state index in [1.807, 2.05) is 13.0 Å². The number of pyridine rings is 1. The third kappa shape index (κ3) is 4.30. The van der Waals surface area contributed by atoms with Crippen LogP contribution in [0.4, 0.5) is 17.3 Å². The van der Waals surface area contributed by atoms with Crippen LogP contribution in [0.15, 0.2) is 35.4 Å². The number of nitrogens with zero attached hydrogens (tertiary/aromatic N) is 4. The van der Waals surface area contributed by atoms with Gasteiger partial charge in [-0.05, 0) is 57.6 Å². The van der Waals surface area contributed by atoms with Gasteiger partial charge in [-0.25, -0.2) is 4.98 Å². The molecular formula is C23H29N7O3. The first kappa shape index (κ1) is 21.4. The van der Waals surface area contributed by atoms with Crippen LogP contribution in [0.3, 0.4) is 0 Å². The number of aliphatic hydroxyl groups is 1. The summed E-state index contributed by atoms with van der Waals surface area (Å²) >= 11 is 0. The third-order valence-electron chi connectivity index (χ3n) is 6.55. The summed E-state index contributed by atoms with van der Waals surface area (Å²) in [5, 5.41) is 23.7. The van der Waals surface area contributed by atoms with E-state index in [0.29, 0.717) is 41.4 Å². The molecule has 2 aliphatic carbocycles. The summed E-state index contributed by atoms with van der Waals surface area (Å²) in [6.45, 7) is 1.85. The topological polar surface area (TPSA) is 126 Å². The molecule has 10 nitrogen and oxygen atoms in total. The Labute approximate surface area is 191 Å². The third-order valence-corrected chi connectivity index (χ3v) is 6.55. The Morgan fingerprint density at radius 2 is 2.00 bits per heavy atom. The van der Waals surface area contributed by atoms with E-state index in [4.69, 9.17) is 0 Å². The maximum atomic E-state index is 13.2. The fourth-order valence-electron chi connectivity index (χ4n) is 4.39. The van der Waals surface area contributed by atoms with Crippen LogP contribution in [-0.4, -0.2) is 48.9 Å². The molecule has 3 heterocycles. The molecule has 0 aromatic carbocycles. The molecule has 0 unspecified atom stereocenters. The smallest absolute Gasteiger partial charge is 0.274 e. The van der Waals surface area contributed by atoms with Gasteiger partial charge in [-0.15, -0.1) is 0 Å². The largest absolute Gasteiger partial charge is 0.390 e. The first-order chi connectivity index (χ1) is 15.8. The number of hydrogen-bond donors (Lipinski definition) is 4. The molecule has 0 atom stereocenters. The van der Waals surface area contributed by atoms with Crippen molar-refractivity contribution in [3.8, 4) is 0 Å². The molecule has 0 bridgehead atoms. The average molecular weight is 452 g/mol. The zero-order valence-corrected chi connectivity index (χ0v) is 18.8. The highest BCUT2D eigenvalue weighted by Crippen LogP contribution is 2.34. The fraction of sp³-hybridized carbons (Fsp3) is 0.478. The van der Waals surface area contributed by atoms with Crippen LogP contribution in [0.2, 0.25) is 0 Å². The minimum atomic E-state index is -0.659. The molecule has 2 aliphatic rings. The Kier molecular flexibility index (Phi) is 5.32. The maximum absolute atomic E-state index is 13.2. The predicted molar refractivity (Wildman–Crippen MR) is 125 cm³/mol. The first-order valence-corrected chi connectivity index (χ1v) is 11.4. The van der Waals surface area contributed by atoms with Crippen molar-refractivity contribution >= 4 is 28.9 Å². The SMILES string of the molecule is CNc1cc(Nc2cccn([C@H]3CC[C@@](C)(O)CC3)c2=O)nc2c(C(=O)NC3CC3)cnn12. The summed E-state index contributed by atoms with van der Waals surface area (Å²) in [4.78, 5) is 30.5. The van der Waals surface area contributed by atoms with E-state index in [0.717, 1.165) is 25.7 Å². The van der Waals surface area contributed by atoms with E-state index in [1.54, 1.807) is 34.5 Å². The van der Waals surface area contributed by atoms with E-state index in [1.165, 1.54) is 6.20 Å². The summed E-state index contributed by atoms with van der Waals surface area (Å²) < 4.78 is 3.31. The zero-order valence-electron chi connectivity index (χ0n) is 18.8. The molecule has 4 N–H and O–H groups in total. The Bertz CT molecular complexity index is 1250. The number of fused-ring (bicyclic) bond motifs is 1. The van der Waals surface area contributed by atoms with Crippen LogP contribution >= 0.6 is 0 Å². The highest BCUT2D eigenvalue weighted by molar-refractivity contribution is 6.00. The minimum absolute atomic E-state index is 0.0512. The van der Waals surface area contributed by atoms with Crippen molar-refractivity contribution in [3.05, 3.63) is 46.5 Å². The molecule has 174 valence electrons. The molecule has 2 fully saturated rings. The van der Waals surface area contributed by atoms with Crippen LogP contribution in [0.1, 0.15) is 61.8 Å². The summed E-state index contributed by atoms with van der Waals surface area (Å²) in [7, 11) is 1.76. The lowest BCUT2D eigenvalue weighted by atomic mass is 9.83. The number of carbonyl (C=O) groups excluding carboxylic acids is 1. The molecule has 1 amide bonds. The van der Waals surface area contributed by atoms with Gasteiger partial charge in [0, 0.05) is 31.4 Å². The van der Waals surface area contributed by atoms with E-state index in [-0.39, 0.29) is 23.6 Å². The molecule has 3 aromatic rings. The van der Waals surface area contributed by atoms with Gasteiger partial charge in [0.1, 0.15) is 22.9 Å². The molecule has 3 aromatic heterocycles. The molecule has 0 saturated heterocycles. The van der Waals surface area contributed by atoms with Crippen molar-refractivity contribution in [1.82, 2.24) is 24.5 Å². The Morgan fingerprint density at radius 1 is 1.24 bits per heavy atom. The van der Waals surface area contributed by atoms with Crippen LogP contribution < -0.4 is 21.5 Å². The normalized spacial score (nSPS) is 22.8. The standard InChI is InChI=1S/C23H29N7O3/c1-23(33)9-7-15(8-10-23)29-11-3-4-17(22(29)32)27-18-12-19(24-2)30-20(28-18)16(13-25-30)21(31)26-14-5-6-14/h3-4,11-15,24,33H,5-10H2,1-2H3,(H,26,31)(H,27,28)/t15-,23+. The lowest BCUT2D eigenvalue weighted by molar-refractivity contribution is 0.00956. The van der Waals surface area contributed by atoms with Crippen LogP contribution in [-0.2, 0) is 0 Å². The van der Waals surface area contributed by atoms with E-state index in [9.17, 15) is 14.7 Å². The first-order valence-electron chi connectivity index (χ1n) is 11.4. The molecule has 2 saturated carbocycles. The Balaban J connectivity index is 1.45. The number of carbonyl (C=O) groups is 1. The van der Waals surface area contributed by atoms with Gasteiger partial charge in [0.2, 0.25) is 0 Å². The van der Waals surface area contributed by atoms with Gasteiger partial charge in [-0.3, -0.25) is 9.59 Å². The second kappa shape index (κ2) is 8.18. The van der Waals surface area contributed by atoms with E-state index >= 15 is 0 Å². The highest BCUT2D eigenvalue weighted by Gasteiger charge is 2.30. The maximum Gasteiger partial charge on any atom is 0.274 e. The van der Waals surface area contributed by atoms with Crippen molar-refractivity contribution < 1.29 is 9.90 Å². The minimum Gasteiger partial charge on any atom is -0.390 e. The molecule has 0 aliphatic heterocycles. The number of anilines is 3. The van der Waals surface area contributed by atoms with Crippen molar-refractivity contribution in [2.75, 3.05) is 17.7 Å². The molecule has 5 rings (SSSR count). The van der Waals surface area contributed by atoms with Crippen molar-refractivity contribution in [3.63, 3.8) is 0 Å². The summed E-state index contributed by atoms with van der Waals surface area (Å²) in [5.41, 5.74) is 0.400. The van der Waals surface area contributed by atoms with Gasteiger partial charge >= 0.3 is 0 Å². The number of amides is 1. The van der Waals surface area contributed by atoms with Gasteiger partial charge in [-0.2, -0.15) is 9.61 Å². The van der Waals surface area contributed by atoms with Crippen LogP contribution in [0.25, 0.3) is 5.65 Å². The van der Waals surface area contributed by atoms with Crippen molar-refractivity contribution in [2.45, 2.75) is 63.1 Å². The van der Waals surface area contributed by atoms with Gasteiger partial charge in [-0.1, -0.05) is 0 Å². The molecule has 0 spiro atoms. The van der Waals surface area contributed by atoms with Crippen molar-refractivity contribution in [1.29, 1.82) is 0 Å². The summed E-state index contributed by atoms with van der Waals surface area (Å²) in [5.74, 6) is 0.877. The number of rotatable bonds is 6. The quantitative estimate of drug-likeness (QED) is 0.453. The highest BCUT2D eigenvalue weighted by atomic mass is 16.3. The lowest BCUT2D eigenvalue weighted by Gasteiger charge is -2.34. The lowest BCUT2D eigenvalue weighted by Crippen LogP contribution is -2.35. The second-order valence-corrected chi connectivity index (χ2v) is 9.31. The van der Waals surface area contributed by atoms with Gasteiger partial charge < -0.3 is 25.6 Å². The second-order valence-electron chi connectivity index (χ2n) is 9.31. The van der Waals surface area contributed by atoms with Gasteiger partial charge in [0.15, 0.2) is 5.65 Å². The predicted octanol–water partition coefficient (Wildman–Crippen LogP) is 2.43. The Hall–Kier alpha value is -3.40. The van der Waals surface area contributed by atoms with Gasteiger partial charge in [0.05, 0.1) is 11.8 Å². The van der Waals surface area contributed by atoms with Gasteiger partial charge in [0.25, 0.3) is 11.5 Å². The van der Waals surface area contributed by atoms with E-state index in [2.05, 4.69) is 26.0 Å². The zero-order chi connectivity index (χ0) is 23.2. The average Bonchev–Trinajstić information content (AvgIpc) is 3.50. The Morgan fingerprint density at radius 3 is 2.70 bits per heavy atom. The van der Waals surface area contributed by atoms with E-state index < -0.39 is 5.60 Å². The number of aromatic nitrogens is 4. The number of hydrogen-bond acceptors (Lipinski definition) is 7. The summed E-state index contributed by atoms with van der Waals surface area (Å²) in [6, 6.07) is 5.58. The fourth-order valence-corrected chi connectivity index (χ4v) is 4.39. The van der Waals surface area contributed by atoms with Crippen molar-refractivity contribution in [2.24, 2.45) is 0 Å². The van der Waals surface area contributed by atoms with Crippen LogP contribution in [0, 0.1) is 0 Å². The molecule has 0 radical (unpaired) electrons.